The SMILES string of the molecule is CC(=O)c1cccc2nc(N3CCNCC3)oc12. The molecular weight excluding hydrogens is 230 g/mol. The lowest BCUT2D eigenvalue weighted by Crippen LogP contribution is -2.43. The molecule has 0 aliphatic carbocycles. The smallest absolute Gasteiger partial charge is 0.298 e. The topological polar surface area (TPSA) is 58.4 Å². The molecule has 1 aromatic carbocycles. The molecule has 0 bridgehead atoms. The number of Topliss-reactive ketones (excluding diaryl/α,β-unsaturated/α-hetero) is 1. The van der Waals surface area contributed by atoms with E-state index in [9.17, 15) is 4.79 Å². The minimum absolute atomic E-state index is 0.00334. The Morgan fingerprint density at radius 2 is 2.17 bits per heavy atom. The molecule has 1 saturated heterocycles. The third kappa shape index (κ3) is 1.86. The van der Waals surface area contributed by atoms with E-state index in [-0.39, 0.29) is 5.78 Å². The number of nitrogens with zero attached hydrogens (tertiary/aromatic N) is 2. The zero-order valence-electron chi connectivity index (χ0n) is 10.3. The van der Waals surface area contributed by atoms with Crippen LogP contribution < -0.4 is 10.2 Å². The van der Waals surface area contributed by atoms with Crippen molar-refractivity contribution in [3.8, 4) is 0 Å². The summed E-state index contributed by atoms with van der Waals surface area (Å²) in [6.07, 6.45) is 0. The molecule has 3 rings (SSSR count). The summed E-state index contributed by atoms with van der Waals surface area (Å²) in [5, 5.41) is 3.28. The fourth-order valence-corrected chi connectivity index (χ4v) is 2.21. The number of aromatic nitrogens is 1. The van der Waals surface area contributed by atoms with Crippen molar-refractivity contribution < 1.29 is 9.21 Å². The Hall–Kier alpha value is -1.88. The first-order valence-electron chi connectivity index (χ1n) is 6.12. The van der Waals surface area contributed by atoms with Crippen molar-refractivity contribution in [2.45, 2.75) is 6.92 Å². The van der Waals surface area contributed by atoms with E-state index in [1.807, 2.05) is 12.1 Å². The van der Waals surface area contributed by atoms with Crippen LogP contribution in [0.4, 0.5) is 6.01 Å². The Bertz CT molecular complexity index is 585. The number of oxazole rings is 1. The average Bonchev–Trinajstić information content (AvgIpc) is 2.83. The average molecular weight is 245 g/mol. The number of carbonyl (C=O) groups excluding carboxylic acids is 1. The van der Waals surface area contributed by atoms with E-state index in [1.54, 1.807) is 13.0 Å². The van der Waals surface area contributed by atoms with Crippen LogP contribution in [0, 0.1) is 0 Å². The maximum atomic E-state index is 11.5. The number of benzene rings is 1. The highest BCUT2D eigenvalue weighted by molar-refractivity contribution is 6.04. The molecule has 0 atom stereocenters. The Balaban J connectivity index is 2.04. The summed E-state index contributed by atoms with van der Waals surface area (Å²) in [7, 11) is 0. The van der Waals surface area contributed by atoms with Gasteiger partial charge in [-0.1, -0.05) is 6.07 Å². The Morgan fingerprint density at radius 1 is 1.39 bits per heavy atom. The Labute approximate surface area is 105 Å². The highest BCUT2D eigenvalue weighted by Gasteiger charge is 2.18. The first kappa shape index (κ1) is 11.2. The monoisotopic (exact) mass is 245 g/mol. The van der Waals surface area contributed by atoms with Crippen LogP contribution in [0.1, 0.15) is 17.3 Å². The molecule has 0 radical (unpaired) electrons. The number of carbonyl (C=O) groups is 1. The normalized spacial score (nSPS) is 16.2. The quantitative estimate of drug-likeness (QED) is 0.811. The predicted octanol–water partition coefficient (Wildman–Crippen LogP) is 1.44. The van der Waals surface area contributed by atoms with Gasteiger partial charge >= 0.3 is 0 Å². The molecule has 94 valence electrons. The molecule has 0 amide bonds. The van der Waals surface area contributed by atoms with E-state index in [4.69, 9.17) is 4.42 Å². The maximum absolute atomic E-state index is 11.5. The van der Waals surface area contributed by atoms with Gasteiger partial charge in [-0.2, -0.15) is 4.98 Å². The van der Waals surface area contributed by atoms with E-state index in [0.29, 0.717) is 17.2 Å². The van der Waals surface area contributed by atoms with Crippen molar-refractivity contribution in [3.05, 3.63) is 23.8 Å². The van der Waals surface area contributed by atoms with Gasteiger partial charge in [0.05, 0.1) is 5.56 Å². The van der Waals surface area contributed by atoms with Crippen LogP contribution in [0.5, 0.6) is 0 Å². The molecule has 1 N–H and O–H groups in total. The number of hydrogen-bond donors (Lipinski definition) is 1. The van der Waals surface area contributed by atoms with Crippen LogP contribution in [0.15, 0.2) is 22.6 Å². The minimum Gasteiger partial charge on any atom is -0.423 e. The van der Waals surface area contributed by atoms with E-state index in [1.165, 1.54) is 0 Å². The standard InChI is InChI=1S/C13H15N3O2/c1-9(17)10-3-2-4-11-12(10)18-13(15-11)16-7-5-14-6-8-16/h2-4,14H,5-8H2,1H3. The number of hydrogen-bond acceptors (Lipinski definition) is 5. The third-order valence-corrected chi connectivity index (χ3v) is 3.17. The summed E-state index contributed by atoms with van der Waals surface area (Å²) in [5.74, 6) is 0.00334. The van der Waals surface area contributed by atoms with Gasteiger partial charge in [0, 0.05) is 26.2 Å². The van der Waals surface area contributed by atoms with Gasteiger partial charge in [0.15, 0.2) is 11.4 Å². The van der Waals surface area contributed by atoms with Gasteiger partial charge in [-0.15, -0.1) is 0 Å². The highest BCUT2D eigenvalue weighted by Crippen LogP contribution is 2.25. The second-order valence-corrected chi connectivity index (χ2v) is 4.44. The van der Waals surface area contributed by atoms with Crippen molar-refractivity contribution in [1.29, 1.82) is 0 Å². The molecule has 1 fully saturated rings. The molecule has 2 aromatic rings. The molecule has 0 saturated carbocycles. The summed E-state index contributed by atoms with van der Waals surface area (Å²) in [6, 6.07) is 6.09. The molecule has 1 aliphatic heterocycles. The van der Waals surface area contributed by atoms with Gasteiger partial charge in [-0.25, -0.2) is 0 Å². The van der Waals surface area contributed by atoms with Gasteiger partial charge in [0.2, 0.25) is 0 Å². The summed E-state index contributed by atoms with van der Waals surface area (Å²) < 4.78 is 5.77. The molecule has 5 nitrogen and oxygen atoms in total. The molecule has 1 aliphatic rings. The second kappa shape index (κ2) is 4.42. The van der Waals surface area contributed by atoms with Crippen LogP contribution in [-0.2, 0) is 0 Å². The molecule has 2 heterocycles. The van der Waals surface area contributed by atoms with Gasteiger partial charge in [-0.3, -0.25) is 4.79 Å². The summed E-state index contributed by atoms with van der Waals surface area (Å²) in [5.41, 5.74) is 1.94. The molecular formula is C13H15N3O2. The summed E-state index contributed by atoms with van der Waals surface area (Å²) >= 11 is 0. The zero-order chi connectivity index (χ0) is 12.5. The largest absolute Gasteiger partial charge is 0.423 e. The molecule has 1 aromatic heterocycles. The van der Waals surface area contributed by atoms with Gasteiger partial charge in [0.1, 0.15) is 5.52 Å². The van der Waals surface area contributed by atoms with Crippen LogP contribution in [-0.4, -0.2) is 36.9 Å². The van der Waals surface area contributed by atoms with Crippen LogP contribution >= 0.6 is 0 Å². The lowest BCUT2D eigenvalue weighted by molar-refractivity contribution is 0.101. The van der Waals surface area contributed by atoms with Gasteiger partial charge in [-0.05, 0) is 19.1 Å². The Kier molecular flexibility index (Phi) is 2.76. The summed E-state index contributed by atoms with van der Waals surface area (Å²) in [4.78, 5) is 18.1. The fourth-order valence-electron chi connectivity index (χ4n) is 2.21. The van der Waals surface area contributed by atoms with E-state index in [0.717, 1.165) is 31.7 Å². The Morgan fingerprint density at radius 3 is 2.89 bits per heavy atom. The van der Waals surface area contributed by atoms with Crippen LogP contribution in [0.2, 0.25) is 0 Å². The number of piperazine rings is 1. The van der Waals surface area contributed by atoms with Gasteiger partial charge in [0.25, 0.3) is 6.01 Å². The highest BCUT2D eigenvalue weighted by atomic mass is 16.4. The molecule has 0 spiro atoms. The number of para-hydroxylation sites is 1. The van der Waals surface area contributed by atoms with Crippen molar-refractivity contribution in [2.75, 3.05) is 31.1 Å². The van der Waals surface area contributed by atoms with Crippen molar-refractivity contribution in [1.82, 2.24) is 10.3 Å². The van der Waals surface area contributed by atoms with Gasteiger partial charge < -0.3 is 14.6 Å². The first-order valence-corrected chi connectivity index (χ1v) is 6.12. The molecule has 18 heavy (non-hydrogen) atoms. The van der Waals surface area contributed by atoms with Crippen molar-refractivity contribution in [3.63, 3.8) is 0 Å². The lowest BCUT2D eigenvalue weighted by atomic mass is 10.1. The van der Waals surface area contributed by atoms with Crippen molar-refractivity contribution in [2.24, 2.45) is 0 Å². The number of fused-ring (bicyclic) bond motifs is 1. The number of rotatable bonds is 2. The minimum atomic E-state index is 0.00334. The number of anilines is 1. The van der Waals surface area contributed by atoms with Crippen LogP contribution in [0.3, 0.4) is 0 Å². The zero-order valence-corrected chi connectivity index (χ0v) is 10.3. The second-order valence-electron chi connectivity index (χ2n) is 4.44. The van der Waals surface area contributed by atoms with E-state index < -0.39 is 0 Å². The fraction of sp³-hybridized carbons (Fsp3) is 0.385. The number of nitrogens with one attached hydrogen (secondary N) is 1. The molecule has 0 unspecified atom stereocenters. The van der Waals surface area contributed by atoms with Crippen LogP contribution in [0.25, 0.3) is 11.1 Å². The van der Waals surface area contributed by atoms with E-state index in [2.05, 4.69) is 15.2 Å². The summed E-state index contributed by atoms with van der Waals surface area (Å²) in [6.45, 7) is 5.16. The first-order chi connectivity index (χ1) is 8.75. The molecule has 5 heteroatoms. The number of ketones is 1. The van der Waals surface area contributed by atoms with Crippen molar-refractivity contribution >= 4 is 22.9 Å². The van der Waals surface area contributed by atoms with E-state index >= 15 is 0 Å². The third-order valence-electron chi connectivity index (χ3n) is 3.17. The lowest BCUT2D eigenvalue weighted by Gasteiger charge is -2.25. The maximum Gasteiger partial charge on any atom is 0.298 e. The predicted molar refractivity (Wildman–Crippen MR) is 69.1 cm³/mol.